The molecule has 0 radical (unpaired) electrons. The molecule has 0 amide bonds. The molecule has 0 spiro atoms. The molecule has 1 aromatic carbocycles. The minimum Gasteiger partial charge on any atom is -0.369 e. The SMILES string of the molecule is CCc1c(C=O)cc(Cl)cc1N(CC)C1CCC(N)CC1. The second-order valence-corrected chi connectivity index (χ2v) is 6.26. The number of nitrogens with two attached hydrogens (primary N) is 1. The van der Waals surface area contributed by atoms with Crippen LogP contribution in [0, 0.1) is 0 Å². The summed E-state index contributed by atoms with van der Waals surface area (Å²) in [4.78, 5) is 13.7. The molecule has 0 heterocycles. The van der Waals surface area contributed by atoms with Crippen LogP contribution < -0.4 is 10.6 Å². The van der Waals surface area contributed by atoms with Gasteiger partial charge in [0.15, 0.2) is 0 Å². The van der Waals surface area contributed by atoms with Gasteiger partial charge in [-0.15, -0.1) is 0 Å². The van der Waals surface area contributed by atoms with Crippen molar-refractivity contribution in [2.24, 2.45) is 5.73 Å². The molecule has 1 saturated carbocycles. The van der Waals surface area contributed by atoms with Gasteiger partial charge in [-0.3, -0.25) is 4.79 Å². The second kappa shape index (κ2) is 7.28. The first-order chi connectivity index (χ1) is 10.1. The van der Waals surface area contributed by atoms with Crippen LogP contribution in [0.3, 0.4) is 0 Å². The highest BCUT2D eigenvalue weighted by atomic mass is 35.5. The number of rotatable bonds is 5. The van der Waals surface area contributed by atoms with Crippen molar-refractivity contribution in [1.29, 1.82) is 0 Å². The van der Waals surface area contributed by atoms with Gasteiger partial charge in [-0.05, 0) is 56.7 Å². The van der Waals surface area contributed by atoms with Crippen molar-refractivity contribution in [3.05, 3.63) is 28.3 Å². The summed E-state index contributed by atoms with van der Waals surface area (Å²) < 4.78 is 0. The number of benzene rings is 1. The van der Waals surface area contributed by atoms with E-state index < -0.39 is 0 Å². The summed E-state index contributed by atoms with van der Waals surface area (Å²) in [5.41, 5.74) is 8.95. The summed E-state index contributed by atoms with van der Waals surface area (Å²) in [6.07, 6.45) is 6.12. The fourth-order valence-electron chi connectivity index (χ4n) is 3.43. The highest BCUT2D eigenvalue weighted by Crippen LogP contribution is 2.33. The third-order valence-electron chi connectivity index (χ3n) is 4.54. The van der Waals surface area contributed by atoms with Crippen molar-refractivity contribution in [1.82, 2.24) is 0 Å². The molecule has 1 aliphatic carbocycles. The maximum absolute atomic E-state index is 11.3. The maximum Gasteiger partial charge on any atom is 0.150 e. The minimum atomic E-state index is 0.343. The Bertz CT molecular complexity index is 496. The molecule has 0 atom stereocenters. The lowest BCUT2D eigenvalue weighted by atomic mass is 9.89. The van der Waals surface area contributed by atoms with Gasteiger partial charge in [0.1, 0.15) is 6.29 Å². The van der Waals surface area contributed by atoms with Crippen molar-refractivity contribution in [2.75, 3.05) is 11.4 Å². The summed E-state index contributed by atoms with van der Waals surface area (Å²) in [7, 11) is 0. The first-order valence-corrected chi connectivity index (χ1v) is 8.28. The number of hydrogen-bond acceptors (Lipinski definition) is 3. The van der Waals surface area contributed by atoms with Crippen molar-refractivity contribution in [2.45, 2.75) is 58.0 Å². The monoisotopic (exact) mass is 308 g/mol. The van der Waals surface area contributed by atoms with Gasteiger partial charge in [-0.1, -0.05) is 18.5 Å². The van der Waals surface area contributed by atoms with Crippen LogP contribution in [-0.2, 0) is 6.42 Å². The van der Waals surface area contributed by atoms with E-state index in [4.69, 9.17) is 17.3 Å². The molecule has 0 unspecified atom stereocenters. The van der Waals surface area contributed by atoms with Gasteiger partial charge in [0, 0.05) is 34.9 Å². The number of carbonyl (C=O) groups is 1. The van der Waals surface area contributed by atoms with E-state index in [0.717, 1.165) is 56.2 Å². The van der Waals surface area contributed by atoms with E-state index in [1.165, 1.54) is 0 Å². The third-order valence-corrected chi connectivity index (χ3v) is 4.76. The maximum atomic E-state index is 11.3. The van der Waals surface area contributed by atoms with Gasteiger partial charge in [-0.25, -0.2) is 0 Å². The van der Waals surface area contributed by atoms with Gasteiger partial charge >= 0.3 is 0 Å². The van der Waals surface area contributed by atoms with E-state index in [9.17, 15) is 4.79 Å². The topological polar surface area (TPSA) is 46.3 Å². The molecule has 4 heteroatoms. The lowest BCUT2D eigenvalue weighted by Gasteiger charge is -2.38. The number of hydrogen-bond donors (Lipinski definition) is 1. The van der Waals surface area contributed by atoms with Gasteiger partial charge in [-0.2, -0.15) is 0 Å². The smallest absolute Gasteiger partial charge is 0.150 e. The van der Waals surface area contributed by atoms with E-state index in [2.05, 4.69) is 18.7 Å². The van der Waals surface area contributed by atoms with Crippen LogP contribution in [0.1, 0.15) is 55.5 Å². The number of anilines is 1. The summed E-state index contributed by atoms with van der Waals surface area (Å²) in [6, 6.07) is 4.61. The van der Waals surface area contributed by atoms with Gasteiger partial charge in [0.2, 0.25) is 0 Å². The van der Waals surface area contributed by atoms with E-state index in [1.807, 2.05) is 6.07 Å². The Hall–Kier alpha value is -1.06. The molecule has 0 aliphatic heterocycles. The summed E-state index contributed by atoms with van der Waals surface area (Å²) in [6.45, 7) is 5.17. The number of halogens is 1. The predicted molar refractivity (Wildman–Crippen MR) is 89.5 cm³/mol. The zero-order valence-electron chi connectivity index (χ0n) is 12.9. The largest absolute Gasteiger partial charge is 0.369 e. The van der Waals surface area contributed by atoms with Gasteiger partial charge in [0.05, 0.1) is 0 Å². The Morgan fingerprint density at radius 3 is 2.48 bits per heavy atom. The van der Waals surface area contributed by atoms with Crippen LogP contribution in [0.2, 0.25) is 5.02 Å². The third kappa shape index (κ3) is 3.58. The average molecular weight is 309 g/mol. The lowest BCUT2D eigenvalue weighted by Crippen LogP contribution is -2.41. The van der Waals surface area contributed by atoms with Crippen LogP contribution in [0.5, 0.6) is 0 Å². The van der Waals surface area contributed by atoms with Crippen molar-refractivity contribution in [3.8, 4) is 0 Å². The molecule has 0 bridgehead atoms. The molecule has 21 heavy (non-hydrogen) atoms. The van der Waals surface area contributed by atoms with E-state index in [-0.39, 0.29) is 0 Å². The zero-order valence-corrected chi connectivity index (χ0v) is 13.7. The lowest BCUT2D eigenvalue weighted by molar-refractivity contribution is 0.112. The van der Waals surface area contributed by atoms with Crippen LogP contribution in [0.15, 0.2) is 12.1 Å². The van der Waals surface area contributed by atoms with Gasteiger partial charge in [0.25, 0.3) is 0 Å². The Morgan fingerprint density at radius 1 is 1.29 bits per heavy atom. The molecule has 1 aromatic rings. The fourth-order valence-corrected chi connectivity index (χ4v) is 3.65. The second-order valence-electron chi connectivity index (χ2n) is 5.82. The highest BCUT2D eigenvalue weighted by Gasteiger charge is 2.25. The highest BCUT2D eigenvalue weighted by molar-refractivity contribution is 6.31. The number of aldehydes is 1. The molecular weight excluding hydrogens is 284 g/mol. The standard InChI is InChI=1S/C17H25ClN2O/c1-3-16-12(11-21)9-13(18)10-17(16)20(4-2)15-7-5-14(19)6-8-15/h9-11,14-15H,3-8,19H2,1-2H3. The van der Waals surface area contributed by atoms with E-state index >= 15 is 0 Å². The average Bonchev–Trinajstić information content (AvgIpc) is 2.49. The molecule has 2 rings (SSSR count). The van der Waals surface area contributed by atoms with Crippen LogP contribution in [0.4, 0.5) is 5.69 Å². The van der Waals surface area contributed by atoms with E-state index in [0.29, 0.717) is 22.7 Å². The first-order valence-electron chi connectivity index (χ1n) is 7.90. The molecular formula is C17H25ClN2O. The minimum absolute atomic E-state index is 0.343. The van der Waals surface area contributed by atoms with Crippen LogP contribution in [0.25, 0.3) is 0 Å². The van der Waals surface area contributed by atoms with Crippen LogP contribution in [-0.4, -0.2) is 24.9 Å². The number of carbonyl (C=O) groups excluding carboxylic acids is 1. The summed E-state index contributed by atoms with van der Waals surface area (Å²) in [5.74, 6) is 0. The van der Waals surface area contributed by atoms with Crippen molar-refractivity contribution >= 4 is 23.6 Å². The molecule has 1 aliphatic rings. The normalized spacial score (nSPS) is 22.1. The molecule has 0 aromatic heterocycles. The Labute approximate surface area is 132 Å². The molecule has 116 valence electrons. The molecule has 1 fully saturated rings. The molecule has 0 saturated heterocycles. The summed E-state index contributed by atoms with van der Waals surface area (Å²) in [5, 5.41) is 0.635. The first kappa shape index (κ1) is 16.3. The molecule has 3 nitrogen and oxygen atoms in total. The Morgan fingerprint density at radius 2 is 1.95 bits per heavy atom. The Kier molecular flexibility index (Phi) is 5.65. The van der Waals surface area contributed by atoms with Gasteiger partial charge < -0.3 is 10.6 Å². The molecule has 2 N–H and O–H groups in total. The van der Waals surface area contributed by atoms with Crippen LogP contribution >= 0.6 is 11.6 Å². The van der Waals surface area contributed by atoms with Crippen molar-refractivity contribution in [3.63, 3.8) is 0 Å². The predicted octanol–water partition coefficient (Wildman–Crippen LogP) is 3.81. The number of nitrogens with zero attached hydrogens (tertiary/aromatic N) is 1. The Balaban J connectivity index is 2.37. The fraction of sp³-hybridized carbons (Fsp3) is 0.588. The zero-order chi connectivity index (χ0) is 15.4. The quantitative estimate of drug-likeness (QED) is 0.841. The van der Waals surface area contributed by atoms with E-state index in [1.54, 1.807) is 6.07 Å². The van der Waals surface area contributed by atoms with Crippen molar-refractivity contribution < 1.29 is 4.79 Å². The summed E-state index contributed by atoms with van der Waals surface area (Å²) >= 11 is 6.22.